The van der Waals surface area contributed by atoms with Crippen molar-refractivity contribution in [3.05, 3.63) is 53.6 Å². The Balaban J connectivity index is 2.35. The zero-order valence-electron chi connectivity index (χ0n) is 8.89. The fourth-order valence-corrected chi connectivity index (χ4v) is 1.68. The first-order chi connectivity index (χ1) is 7.68. The van der Waals surface area contributed by atoms with E-state index in [0.717, 1.165) is 11.4 Å². The molecule has 0 aliphatic carbocycles. The SMILES string of the molecule is CN(c1ccc(Cl)cc1)c1ccccc1O. The van der Waals surface area contributed by atoms with E-state index in [9.17, 15) is 5.11 Å². The number of hydrogen-bond acceptors (Lipinski definition) is 2. The lowest BCUT2D eigenvalue weighted by molar-refractivity contribution is 0.476. The molecule has 0 saturated heterocycles. The fraction of sp³-hybridized carbons (Fsp3) is 0.0769. The van der Waals surface area contributed by atoms with E-state index in [1.165, 1.54) is 0 Å². The number of nitrogens with zero attached hydrogens (tertiary/aromatic N) is 1. The van der Waals surface area contributed by atoms with Crippen molar-refractivity contribution in [3.63, 3.8) is 0 Å². The summed E-state index contributed by atoms with van der Waals surface area (Å²) in [5.74, 6) is 0.264. The highest BCUT2D eigenvalue weighted by atomic mass is 35.5. The van der Waals surface area contributed by atoms with Gasteiger partial charge in [-0.2, -0.15) is 0 Å². The lowest BCUT2D eigenvalue weighted by Crippen LogP contribution is -2.09. The molecule has 3 heteroatoms. The normalized spacial score (nSPS) is 10.1. The van der Waals surface area contributed by atoms with E-state index in [1.54, 1.807) is 12.1 Å². The van der Waals surface area contributed by atoms with Crippen LogP contribution in [0.15, 0.2) is 48.5 Å². The maximum atomic E-state index is 9.73. The van der Waals surface area contributed by atoms with Gasteiger partial charge in [0.25, 0.3) is 0 Å². The molecule has 0 fully saturated rings. The van der Waals surface area contributed by atoms with Crippen LogP contribution in [0.1, 0.15) is 0 Å². The largest absolute Gasteiger partial charge is 0.506 e. The summed E-state index contributed by atoms with van der Waals surface area (Å²) >= 11 is 5.83. The molecule has 0 saturated carbocycles. The van der Waals surface area contributed by atoms with Gasteiger partial charge in [-0.3, -0.25) is 0 Å². The maximum absolute atomic E-state index is 9.73. The predicted molar refractivity (Wildman–Crippen MR) is 67.6 cm³/mol. The minimum absolute atomic E-state index is 0.264. The van der Waals surface area contributed by atoms with Crippen molar-refractivity contribution in [1.82, 2.24) is 0 Å². The summed E-state index contributed by atoms with van der Waals surface area (Å²) in [6, 6.07) is 14.7. The molecule has 0 aromatic heterocycles. The van der Waals surface area contributed by atoms with E-state index in [2.05, 4.69) is 0 Å². The van der Waals surface area contributed by atoms with Crippen LogP contribution in [0.5, 0.6) is 5.75 Å². The highest BCUT2D eigenvalue weighted by molar-refractivity contribution is 6.30. The zero-order valence-corrected chi connectivity index (χ0v) is 9.65. The quantitative estimate of drug-likeness (QED) is 0.853. The van der Waals surface area contributed by atoms with Crippen molar-refractivity contribution >= 4 is 23.0 Å². The highest BCUT2D eigenvalue weighted by Crippen LogP contribution is 2.31. The van der Waals surface area contributed by atoms with Gasteiger partial charge in [0.1, 0.15) is 5.75 Å². The highest BCUT2D eigenvalue weighted by Gasteiger charge is 2.07. The Kier molecular flexibility index (Phi) is 3.02. The van der Waals surface area contributed by atoms with Gasteiger partial charge in [-0.1, -0.05) is 23.7 Å². The number of phenols is 1. The second kappa shape index (κ2) is 4.45. The Morgan fingerprint density at radius 1 is 1.00 bits per heavy atom. The van der Waals surface area contributed by atoms with E-state index < -0.39 is 0 Å². The number of hydrogen-bond donors (Lipinski definition) is 1. The number of anilines is 2. The standard InChI is InChI=1S/C13H12ClNO/c1-15(11-8-6-10(14)7-9-11)12-4-2-3-5-13(12)16/h2-9,16H,1H3. The molecule has 0 aliphatic rings. The minimum Gasteiger partial charge on any atom is -0.506 e. The van der Waals surface area contributed by atoms with Crippen molar-refractivity contribution < 1.29 is 5.11 Å². The van der Waals surface area contributed by atoms with Crippen molar-refractivity contribution in [2.75, 3.05) is 11.9 Å². The molecule has 0 heterocycles. The Hall–Kier alpha value is -1.67. The van der Waals surface area contributed by atoms with Crippen molar-refractivity contribution in [1.29, 1.82) is 0 Å². The summed E-state index contributed by atoms with van der Waals surface area (Å²) in [4.78, 5) is 1.91. The Morgan fingerprint density at radius 3 is 2.25 bits per heavy atom. The van der Waals surface area contributed by atoms with Gasteiger partial charge < -0.3 is 10.0 Å². The van der Waals surface area contributed by atoms with Crippen LogP contribution in [0, 0.1) is 0 Å². The molecule has 0 spiro atoms. The summed E-state index contributed by atoms with van der Waals surface area (Å²) < 4.78 is 0. The van der Waals surface area contributed by atoms with Crippen molar-refractivity contribution in [2.45, 2.75) is 0 Å². The first-order valence-electron chi connectivity index (χ1n) is 4.96. The number of phenolic OH excluding ortho intramolecular Hbond substituents is 1. The third-order valence-corrected chi connectivity index (χ3v) is 2.71. The number of aromatic hydroxyl groups is 1. The van der Waals surface area contributed by atoms with Gasteiger partial charge in [0.2, 0.25) is 0 Å². The van der Waals surface area contributed by atoms with Crippen LogP contribution in [0.25, 0.3) is 0 Å². The lowest BCUT2D eigenvalue weighted by Gasteiger charge is -2.20. The third kappa shape index (κ3) is 2.12. The van der Waals surface area contributed by atoms with Crippen molar-refractivity contribution in [3.8, 4) is 5.75 Å². The Bertz CT molecular complexity index is 482. The molecule has 0 unspecified atom stereocenters. The van der Waals surface area contributed by atoms with Gasteiger partial charge in [0.05, 0.1) is 5.69 Å². The zero-order chi connectivity index (χ0) is 11.5. The summed E-state index contributed by atoms with van der Waals surface area (Å²) in [5, 5.41) is 10.4. The van der Waals surface area contributed by atoms with Gasteiger partial charge >= 0.3 is 0 Å². The molecule has 0 bridgehead atoms. The molecular formula is C13H12ClNO. The average molecular weight is 234 g/mol. The topological polar surface area (TPSA) is 23.5 Å². The Labute approximate surface area is 99.7 Å². The first-order valence-corrected chi connectivity index (χ1v) is 5.33. The van der Waals surface area contributed by atoms with Crippen LogP contribution in [-0.2, 0) is 0 Å². The van der Waals surface area contributed by atoms with E-state index in [-0.39, 0.29) is 5.75 Å². The summed E-state index contributed by atoms with van der Waals surface area (Å²) in [6.07, 6.45) is 0. The van der Waals surface area contributed by atoms with Gasteiger partial charge in [0, 0.05) is 17.8 Å². The molecule has 2 aromatic carbocycles. The number of para-hydroxylation sites is 2. The first kappa shape index (κ1) is 10.8. The molecule has 16 heavy (non-hydrogen) atoms. The second-order valence-corrected chi connectivity index (χ2v) is 3.96. The molecule has 82 valence electrons. The van der Waals surface area contributed by atoms with Crippen LogP contribution >= 0.6 is 11.6 Å². The van der Waals surface area contributed by atoms with Gasteiger partial charge in [-0.05, 0) is 36.4 Å². The summed E-state index contributed by atoms with van der Waals surface area (Å²) in [7, 11) is 1.90. The molecule has 2 rings (SSSR count). The van der Waals surface area contributed by atoms with Gasteiger partial charge in [0.15, 0.2) is 0 Å². The average Bonchev–Trinajstić information content (AvgIpc) is 2.30. The number of benzene rings is 2. The molecular weight excluding hydrogens is 222 g/mol. The smallest absolute Gasteiger partial charge is 0.139 e. The molecule has 0 radical (unpaired) electrons. The molecule has 0 amide bonds. The Morgan fingerprint density at radius 2 is 1.62 bits per heavy atom. The molecule has 2 aromatic rings. The second-order valence-electron chi connectivity index (χ2n) is 3.52. The van der Waals surface area contributed by atoms with Gasteiger partial charge in [-0.15, -0.1) is 0 Å². The molecule has 0 atom stereocenters. The van der Waals surface area contributed by atoms with Crippen LogP contribution in [0.4, 0.5) is 11.4 Å². The monoisotopic (exact) mass is 233 g/mol. The fourth-order valence-electron chi connectivity index (χ4n) is 1.55. The summed E-state index contributed by atoms with van der Waals surface area (Å²) in [6.45, 7) is 0. The molecule has 0 aliphatic heterocycles. The molecule has 1 N–H and O–H groups in total. The van der Waals surface area contributed by atoms with E-state index >= 15 is 0 Å². The van der Waals surface area contributed by atoms with E-state index in [4.69, 9.17) is 11.6 Å². The third-order valence-electron chi connectivity index (χ3n) is 2.46. The van der Waals surface area contributed by atoms with Crippen LogP contribution in [0.2, 0.25) is 5.02 Å². The van der Waals surface area contributed by atoms with Crippen LogP contribution < -0.4 is 4.90 Å². The minimum atomic E-state index is 0.264. The van der Waals surface area contributed by atoms with E-state index in [0.29, 0.717) is 5.02 Å². The lowest BCUT2D eigenvalue weighted by atomic mass is 10.2. The predicted octanol–water partition coefficient (Wildman–Crippen LogP) is 3.81. The van der Waals surface area contributed by atoms with Gasteiger partial charge in [-0.25, -0.2) is 0 Å². The van der Waals surface area contributed by atoms with E-state index in [1.807, 2.05) is 48.3 Å². The summed E-state index contributed by atoms with van der Waals surface area (Å²) in [5.41, 5.74) is 1.75. The van der Waals surface area contributed by atoms with Crippen LogP contribution in [-0.4, -0.2) is 12.2 Å². The van der Waals surface area contributed by atoms with Crippen LogP contribution in [0.3, 0.4) is 0 Å². The van der Waals surface area contributed by atoms with Crippen molar-refractivity contribution in [2.24, 2.45) is 0 Å². The molecule has 2 nitrogen and oxygen atoms in total. The number of halogens is 1. The maximum Gasteiger partial charge on any atom is 0.139 e. The number of rotatable bonds is 2.